The molecular formula is C23H33N3OS. The van der Waals surface area contributed by atoms with Crippen molar-refractivity contribution in [1.82, 2.24) is 9.80 Å². The van der Waals surface area contributed by atoms with Crippen molar-refractivity contribution >= 4 is 23.5 Å². The Balaban J connectivity index is 2.08. The van der Waals surface area contributed by atoms with E-state index in [4.69, 9.17) is 0 Å². The van der Waals surface area contributed by atoms with Crippen LogP contribution in [0.2, 0.25) is 0 Å². The number of hydrogen-bond acceptors (Lipinski definition) is 3. The quantitative estimate of drug-likeness (QED) is 0.567. The Kier molecular flexibility index (Phi) is 8.87. The van der Waals surface area contributed by atoms with E-state index in [1.54, 1.807) is 0 Å². The van der Waals surface area contributed by atoms with Gasteiger partial charge in [0.05, 0.1) is 0 Å². The van der Waals surface area contributed by atoms with Gasteiger partial charge in [-0.1, -0.05) is 44.2 Å². The van der Waals surface area contributed by atoms with Crippen molar-refractivity contribution in [1.29, 1.82) is 0 Å². The van der Waals surface area contributed by atoms with Crippen molar-refractivity contribution in [2.75, 3.05) is 32.5 Å². The highest BCUT2D eigenvalue weighted by Crippen LogP contribution is 2.28. The maximum absolute atomic E-state index is 13.0. The van der Waals surface area contributed by atoms with Crippen molar-refractivity contribution < 1.29 is 4.79 Å². The molecule has 2 rings (SSSR count). The summed E-state index contributed by atoms with van der Waals surface area (Å²) >= 11 is 1.88. The van der Waals surface area contributed by atoms with Crippen LogP contribution in [0.3, 0.4) is 0 Å². The Morgan fingerprint density at radius 2 is 1.82 bits per heavy atom. The minimum Gasteiger partial charge on any atom is -0.319 e. The van der Waals surface area contributed by atoms with E-state index in [1.807, 2.05) is 55.0 Å². The van der Waals surface area contributed by atoms with Crippen molar-refractivity contribution in [3.63, 3.8) is 0 Å². The van der Waals surface area contributed by atoms with Gasteiger partial charge in [0.1, 0.15) is 0 Å². The monoisotopic (exact) mass is 399 g/mol. The number of urea groups is 1. The molecule has 0 heterocycles. The number of thioether (sulfide) groups is 1. The van der Waals surface area contributed by atoms with Crippen LogP contribution in [0.4, 0.5) is 10.5 Å². The van der Waals surface area contributed by atoms with Crippen LogP contribution in [0.25, 0.3) is 0 Å². The predicted molar refractivity (Wildman–Crippen MR) is 121 cm³/mol. The van der Waals surface area contributed by atoms with Crippen LogP contribution in [-0.4, -0.2) is 48.3 Å². The first-order valence-corrected chi connectivity index (χ1v) is 10.8. The number of benzene rings is 2. The lowest BCUT2D eigenvalue weighted by Crippen LogP contribution is -2.39. The summed E-state index contributed by atoms with van der Waals surface area (Å²) in [6.45, 7) is 8.59. The molecule has 0 radical (unpaired) electrons. The van der Waals surface area contributed by atoms with Gasteiger partial charge in [-0.3, -0.25) is 0 Å². The van der Waals surface area contributed by atoms with Gasteiger partial charge in [-0.2, -0.15) is 0 Å². The fourth-order valence-corrected chi connectivity index (χ4v) is 3.76. The van der Waals surface area contributed by atoms with E-state index in [0.29, 0.717) is 18.3 Å². The second kappa shape index (κ2) is 11.1. The Hall–Kier alpha value is -1.98. The molecule has 0 aliphatic rings. The number of hydrogen-bond donors (Lipinski definition) is 1. The molecule has 0 saturated heterocycles. The van der Waals surface area contributed by atoms with Gasteiger partial charge in [-0.25, -0.2) is 4.79 Å². The molecular weight excluding hydrogens is 366 g/mol. The summed E-state index contributed by atoms with van der Waals surface area (Å²) in [5.74, 6) is 0. The van der Waals surface area contributed by atoms with Crippen LogP contribution in [-0.2, 0) is 6.54 Å². The molecule has 2 aromatic rings. The first kappa shape index (κ1) is 22.3. The molecule has 0 aliphatic carbocycles. The molecule has 1 atom stereocenters. The maximum Gasteiger partial charge on any atom is 0.322 e. The smallest absolute Gasteiger partial charge is 0.319 e. The van der Waals surface area contributed by atoms with E-state index in [0.717, 1.165) is 29.8 Å². The Labute approximate surface area is 174 Å². The zero-order chi connectivity index (χ0) is 20.5. The highest BCUT2D eigenvalue weighted by molar-refractivity contribution is 7.99. The Morgan fingerprint density at radius 1 is 1.11 bits per heavy atom. The van der Waals surface area contributed by atoms with Gasteiger partial charge in [0.25, 0.3) is 0 Å². The van der Waals surface area contributed by atoms with E-state index in [9.17, 15) is 4.79 Å². The Morgan fingerprint density at radius 3 is 2.43 bits per heavy atom. The normalized spacial score (nSPS) is 12.1. The Bertz CT molecular complexity index is 749. The number of likely N-dealkylation sites (N-methyl/N-ethyl adjacent to an activating group) is 1. The van der Waals surface area contributed by atoms with Crippen LogP contribution < -0.4 is 5.32 Å². The van der Waals surface area contributed by atoms with Crippen molar-refractivity contribution in [3.8, 4) is 0 Å². The third-order valence-corrected chi connectivity index (χ3v) is 5.93. The third kappa shape index (κ3) is 7.21. The minimum absolute atomic E-state index is 0.0591. The van der Waals surface area contributed by atoms with Gasteiger partial charge < -0.3 is 15.1 Å². The predicted octanol–water partition coefficient (Wildman–Crippen LogP) is 5.48. The van der Waals surface area contributed by atoms with Crippen molar-refractivity contribution in [2.24, 2.45) is 0 Å². The third-order valence-electron chi connectivity index (χ3n) is 4.67. The van der Waals surface area contributed by atoms with E-state index in [-0.39, 0.29) is 6.03 Å². The SMILES string of the molecule is CCC(C)Sc1ccc(NC(=O)N(CCN(C)C)Cc2ccccc2)c(C)c1. The summed E-state index contributed by atoms with van der Waals surface area (Å²) in [5.41, 5.74) is 3.10. The summed E-state index contributed by atoms with van der Waals surface area (Å²) in [6, 6.07) is 16.3. The molecule has 0 saturated carbocycles. The number of nitrogens with zero attached hydrogens (tertiary/aromatic N) is 2. The molecule has 0 aromatic heterocycles. The van der Waals surface area contributed by atoms with Crippen molar-refractivity contribution in [2.45, 2.75) is 43.9 Å². The standard InChI is InChI=1S/C23H33N3OS/c1-6-19(3)28-21-12-13-22(18(2)16-21)24-23(27)26(15-14-25(4)5)17-20-10-8-7-9-11-20/h7-13,16,19H,6,14-15,17H2,1-5H3,(H,24,27). The molecule has 0 spiro atoms. The van der Waals surface area contributed by atoms with Gasteiger partial charge >= 0.3 is 6.03 Å². The number of rotatable bonds is 9. The topological polar surface area (TPSA) is 35.6 Å². The molecule has 2 aromatic carbocycles. The number of nitrogens with one attached hydrogen (secondary N) is 1. The lowest BCUT2D eigenvalue weighted by atomic mass is 10.2. The molecule has 28 heavy (non-hydrogen) atoms. The number of carbonyl (C=O) groups is 1. The molecule has 0 fully saturated rings. The van der Waals surface area contributed by atoms with E-state index in [1.165, 1.54) is 4.90 Å². The average Bonchev–Trinajstić information content (AvgIpc) is 2.67. The summed E-state index contributed by atoms with van der Waals surface area (Å²) in [6.07, 6.45) is 1.14. The summed E-state index contributed by atoms with van der Waals surface area (Å²) < 4.78 is 0. The fourth-order valence-electron chi connectivity index (χ4n) is 2.74. The highest BCUT2D eigenvalue weighted by Gasteiger charge is 2.16. The minimum atomic E-state index is -0.0591. The molecule has 5 heteroatoms. The molecule has 4 nitrogen and oxygen atoms in total. The molecule has 1 unspecified atom stereocenters. The summed E-state index contributed by atoms with van der Waals surface area (Å²) in [4.78, 5) is 18.2. The first-order chi connectivity index (χ1) is 13.4. The number of carbonyl (C=O) groups excluding carboxylic acids is 1. The van der Waals surface area contributed by atoms with Crippen LogP contribution in [0.1, 0.15) is 31.4 Å². The average molecular weight is 400 g/mol. The summed E-state index contributed by atoms with van der Waals surface area (Å²) in [7, 11) is 4.05. The molecule has 1 N–H and O–H groups in total. The largest absolute Gasteiger partial charge is 0.322 e. The van der Waals surface area contributed by atoms with E-state index in [2.05, 4.69) is 55.3 Å². The van der Waals surface area contributed by atoms with E-state index >= 15 is 0 Å². The molecule has 2 amide bonds. The van der Waals surface area contributed by atoms with Crippen LogP contribution in [0.5, 0.6) is 0 Å². The maximum atomic E-state index is 13.0. The van der Waals surface area contributed by atoms with Gasteiger partial charge in [0, 0.05) is 35.5 Å². The van der Waals surface area contributed by atoms with Gasteiger partial charge in [-0.05, 0) is 56.8 Å². The van der Waals surface area contributed by atoms with Gasteiger partial charge in [-0.15, -0.1) is 11.8 Å². The summed E-state index contributed by atoms with van der Waals surface area (Å²) in [5, 5.41) is 3.70. The fraction of sp³-hybridized carbons (Fsp3) is 0.435. The molecule has 0 aliphatic heterocycles. The van der Waals surface area contributed by atoms with Gasteiger partial charge in [0.2, 0.25) is 0 Å². The number of anilines is 1. The van der Waals surface area contributed by atoms with E-state index < -0.39 is 0 Å². The lowest BCUT2D eigenvalue weighted by Gasteiger charge is -2.25. The molecule has 0 bridgehead atoms. The van der Waals surface area contributed by atoms with Crippen molar-refractivity contribution in [3.05, 3.63) is 59.7 Å². The first-order valence-electron chi connectivity index (χ1n) is 9.91. The highest BCUT2D eigenvalue weighted by atomic mass is 32.2. The zero-order valence-electron chi connectivity index (χ0n) is 17.7. The number of amides is 2. The number of aryl methyl sites for hydroxylation is 1. The second-order valence-electron chi connectivity index (χ2n) is 7.45. The zero-order valence-corrected chi connectivity index (χ0v) is 18.6. The van der Waals surface area contributed by atoms with Gasteiger partial charge in [0.15, 0.2) is 0 Å². The molecule has 152 valence electrons. The lowest BCUT2D eigenvalue weighted by molar-refractivity contribution is 0.202. The van der Waals surface area contributed by atoms with Crippen LogP contribution in [0, 0.1) is 6.92 Å². The van der Waals surface area contributed by atoms with Crippen LogP contribution >= 0.6 is 11.8 Å². The van der Waals surface area contributed by atoms with Crippen LogP contribution in [0.15, 0.2) is 53.4 Å². The second-order valence-corrected chi connectivity index (χ2v) is 8.97.